The molecule has 24 heavy (non-hydrogen) atoms. The second-order valence-corrected chi connectivity index (χ2v) is 6.56. The van der Waals surface area contributed by atoms with E-state index in [1.165, 1.54) is 7.11 Å². The number of hydrogen-bond donors (Lipinski definition) is 1. The third-order valence-electron chi connectivity index (χ3n) is 4.22. The number of nitrogens with zero attached hydrogens (tertiary/aromatic N) is 2. The molecule has 1 saturated heterocycles. The SMILES string of the molecule is CN=C(NCc1cc(Br)ccc1OC)N1CCC(C(=O)OC)CC1. The zero-order valence-corrected chi connectivity index (χ0v) is 15.9. The van der Waals surface area contributed by atoms with Crippen LogP contribution in [0.2, 0.25) is 0 Å². The molecule has 2 rings (SSSR count). The average Bonchev–Trinajstić information content (AvgIpc) is 2.62. The highest BCUT2D eigenvalue weighted by Gasteiger charge is 2.26. The number of benzene rings is 1. The van der Waals surface area contributed by atoms with Crippen molar-refractivity contribution in [2.75, 3.05) is 34.4 Å². The number of carbonyl (C=O) groups is 1. The van der Waals surface area contributed by atoms with Crippen molar-refractivity contribution in [3.05, 3.63) is 28.2 Å². The number of hydrogen-bond acceptors (Lipinski definition) is 4. The fraction of sp³-hybridized carbons (Fsp3) is 0.529. The van der Waals surface area contributed by atoms with E-state index >= 15 is 0 Å². The van der Waals surface area contributed by atoms with Gasteiger partial charge in [-0.1, -0.05) is 15.9 Å². The van der Waals surface area contributed by atoms with Crippen LogP contribution in [0.25, 0.3) is 0 Å². The Labute approximate surface area is 151 Å². The molecule has 0 aliphatic carbocycles. The summed E-state index contributed by atoms with van der Waals surface area (Å²) in [6, 6.07) is 5.92. The molecule has 0 spiro atoms. The van der Waals surface area contributed by atoms with Crippen LogP contribution in [-0.4, -0.2) is 51.2 Å². The highest BCUT2D eigenvalue weighted by atomic mass is 79.9. The number of esters is 1. The average molecular weight is 398 g/mol. The molecule has 0 atom stereocenters. The van der Waals surface area contributed by atoms with Gasteiger partial charge in [-0.3, -0.25) is 9.79 Å². The van der Waals surface area contributed by atoms with Crippen LogP contribution in [0.15, 0.2) is 27.7 Å². The van der Waals surface area contributed by atoms with Crippen molar-refractivity contribution in [3.63, 3.8) is 0 Å². The first-order valence-electron chi connectivity index (χ1n) is 7.95. The second-order valence-electron chi connectivity index (χ2n) is 5.64. The number of likely N-dealkylation sites (tertiary alicyclic amines) is 1. The van der Waals surface area contributed by atoms with Crippen LogP contribution in [0.1, 0.15) is 18.4 Å². The van der Waals surface area contributed by atoms with E-state index in [-0.39, 0.29) is 11.9 Å². The molecule has 132 valence electrons. The Morgan fingerprint density at radius 3 is 2.67 bits per heavy atom. The van der Waals surface area contributed by atoms with Crippen LogP contribution in [0.5, 0.6) is 5.75 Å². The Kier molecular flexibility index (Phi) is 6.90. The molecule has 0 unspecified atom stereocenters. The molecule has 0 radical (unpaired) electrons. The highest BCUT2D eigenvalue weighted by molar-refractivity contribution is 9.10. The molecule has 7 heteroatoms. The van der Waals surface area contributed by atoms with Gasteiger partial charge in [0.1, 0.15) is 5.75 Å². The van der Waals surface area contributed by atoms with E-state index in [1.54, 1.807) is 14.2 Å². The van der Waals surface area contributed by atoms with Crippen LogP contribution in [-0.2, 0) is 16.1 Å². The number of ether oxygens (including phenoxy) is 2. The van der Waals surface area contributed by atoms with Gasteiger partial charge in [-0.25, -0.2) is 0 Å². The molecule has 1 heterocycles. The Morgan fingerprint density at radius 1 is 1.38 bits per heavy atom. The molecular weight excluding hydrogens is 374 g/mol. The fourth-order valence-corrected chi connectivity index (χ4v) is 3.29. The zero-order valence-electron chi connectivity index (χ0n) is 14.3. The summed E-state index contributed by atoms with van der Waals surface area (Å²) in [7, 11) is 4.88. The number of methoxy groups -OCH3 is 2. The van der Waals surface area contributed by atoms with Gasteiger partial charge in [-0.15, -0.1) is 0 Å². The number of guanidine groups is 1. The van der Waals surface area contributed by atoms with E-state index in [1.807, 2.05) is 18.2 Å². The minimum atomic E-state index is -0.114. The van der Waals surface area contributed by atoms with Gasteiger partial charge in [0.2, 0.25) is 0 Å². The smallest absolute Gasteiger partial charge is 0.308 e. The van der Waals surface area contributed by atoms with E-state index in [0.717, 1.165) is 47.7 Å². The minimum absolute atomic E-state index is 0.00507. The summed E-state index contributed by atoms with van der Waals surface area (Å²) in [4.78, 5) is 18.1. The van der Waals surface area contributed by atoms with Crippen molar-refractivity contribution < 1.29 is 14.3 Å². The summed E-state index contributed by atoms with van der Waals surface area (Å²) >= 11 is 3.49. The van der Waals surface area contributed by atoms with E-state index < -0.39 is 0 Å². The van der Waals surface area contributed by atoms with Crippen LogP contribution >= 0.6 is 15.9 Å². The maximum Gasteiger partial charge on any atom is 0.308 e. The molecule has 1 N–H and O–H groups in total. The van der Waals surface area contributed by atoms with Gasteiger partial charge in [0, 0.05) is 36.7 Å². The van der Waals surface area contributed by atoms with E-state index in [2.05, 4.69) is 31.1 Å². The summed E-state index contributed by atoms with van der Waals surface area (Å²) < 4.78 is 11.2. The van der Waals surface area contributed by atoms with E-state index in [4.69, 9.17) is 9.47 Å². The monoisotopic (exact) mass is 397 g/mol. The largest absolute Gasteiger partial charge is 0.496 e. The number of aliphatic imine (C=N–C) groups is 1. The van der Waals surface area contributed by atoms with E-state index in [0.29, 0.717) is 6.54 Å². The third-order valence-corrected chi connectivity index (χ3v) is 4.71. The molecule has 1 aromatic rings. The van der Waals surface area contributed by atoms with Crippen molar-refractivity contribution >= 4 is 27.9 Å². The Morgan fingerprint density at radius 2 is 2.08 bits per heavy atom. The van der Waals surface area contributed by atoms with Crippen molar-refractivity contribution in [1.29, 1.82) is 0 Å². The number of halogens is 1. The van der Waals surface area contributed by atoms with Gasteiger partial charge in [0.25, 0.3) is 0 Å². The van der Waals surface area contributed by atoms with Crippen LogP contribution in [0.3, 0.4) is 0 Å². The number of carbonyl (C=O) groups excluding carboxylic acids is 1. The lowest BCUT2D eigenvalue weighted by molar-refractivity contribution is -0.146. The van der Waals surface area contributed by atoms with Gasteiger partial charge < -0.3 is 19.7 Å². The quantitative estimate of drug-likeness (QED) is 0.480. The number of nitrogens with one attached hydrogen (secondary N) is 1. The lowest BCUT2D eigenvalue weighted by Gasteiger charge is -2.33. The molecule has 1 fully saturated rings. The third kappa shape index (κ3) is 4.63. The first kappa shape index (κ1) is 18.6. The molecule has 1 aliphatic rings. The maximum absolute atomic E-state index is 11.6. The van der Waals surface area contributed by atoms with Crippen LogP contribution < -0.4 is 10.1 Å². The number of rotatable bonds is 4. The zero-order chi connectivity index (χ0) is 17.5. The molecule has 1 aromatic carbocycles. The van der Waals surface area contributed by atoms with Gasteiger partial charge in [0.15, 0.2) is 5.96 Å². The maximum atomic E-state index is 11.6. The molecular formula is C17H24BrN3O3. The summed E-state index contributed by atoms with van der Waals surface area (Å²) in [5.74, 6) is 1.55. The van der Waals surface area contributed by atoms with Crippen molar-refractivity contribution in [2.45, 2.75) is 19.4 Å². The first-order chi connectivity index (χ1) is 11.6. The summed E-state index contributed by atoms with van der Waals surface area (Å²) in [5.41, 5.74) is 1.05. The second kappa shape index (κ2) is 8.92. The Hall–Kier alpha value is -1.76. The molecule has 1 aliphatic heterocycles. The predicted octanol–water partition coefficient (Wildman–Crippen LogP) is 2.42. The number of piperidine rings is 1. The van der Waals surface area contributed by atoms with Gasteiger partial charge in [-0.2, -0.15) is 0 Å². The molecule has 6 nitrogen and oxygen atoms in total. The van der Waals surface area contributed by atoms with Gasteiger partial charge >= 0.3 is 5.97 Å². The first-order valence-corrected chi connectivity index (χ1v) is 8.74. The highest BCUT2D eigenvalue weighted by Crippen LogP contribution is 2.23. The van der Waals surface area contributed by atoms with Gasteiger partial charge in [0.05, 0.1) is 20.1 Å². The van der Waals surface area contributed by atoms with Crippen molar-refractivity contribution in [1.82, 2.24) is 10.2 Å². The summed E-state index contributed by atoms with van der Waals surface area (Å²) in [6.07, 6.45) is 1.57. The summed E-state index contributed by atoms with van der Waals surface area (Å²) in [5, 5.41) is 3.37. The van der Waals surface area contributed by atoms with E-state index in [9.17, 15) is 4.79 Å². The molecule has 0 saturated carbocycles. The lowest BCUT2D eigenvalue weighted by atomic mass is 9.97. The standard InChI is InChI=1S/C17H24BrN3O3/c1-19-17(21-8-6-12(7-9-21)16(22)24-3)20-11-13-10-14(18)4-5-15(13)23-2/h4-5,10,12H,6-9,11H2,1-3H3,(H,19,20). The van der Waals surface area contributed by atoms with Crippen molar-refractivity contribution in [3.8, 4) is 5.75 Å². The van der Waals surface area contributed by atoms with Crippen LogP contribution in [0, 0.1) is 5.92 Å². The Bertz CT molecular complexity index is 599. The van der Waals surface area contributed by atoms with Gasteiger partial charge in [-0.05, 0) is 31.0 Å². The molecule has 0 amide bonds. The lowest BCUT2D eigenvalue weighted by Crippen LogP contribution is -2.46. The summed E-state index contributed by atoms with van der Waals surface area (Å²) in [6.45, 7) is 2.19. The topological polar surface area (TPSA) is 63.2 Å². The molecule has 0 bridgehead atoms. The molecule has 0 aromatic heterocycles. The van der Waals surface area contributed by atoms with Crippen LogP contribution in [0.4, 0.5) is 0 Å². The predicted molar refractivity (Wildman–Crippen MR) is 97.2 cm³/mol. The normalized spacial score (nSPS) is 16.0. The Balaban J connectivity index is 1.94. The minimum Gasteiger partial charge on any atom is -0.496 e. The van der Waals surface area contributed by atoms with Crippen molar-refractivity contribution in [2.24, 2.45) is 10.9 Å². The fourth-order valence-electron chi connectivity index (χ4n) is 2.89.